The third-order valence-electron chi connectivity index (χ3n) is 5.17. The molecule has 4 rings (SSSR count). The molecular formula is C25H22O6. The van der Waals surface area contributed by atoms with Gasteiger partial charge in [-0.3, -0.25) is 4.79 Å². The zero-order valence-electron chi connectivity index (χ0n) is 17.7. The minimum atomic E-state index is 0.476. The Bertz CT molecular complexity index is 1240. The second-order valence-corrected chi connectivity index (χ2v) is 6.79. The monoisotopic (exact) mass is 418 g/mol. The highest BCUT2D eigenvalue weighted by molar-refractivity contribution is 6.05. The van der Waals surface area contributed by atoms with Gasteiger partial charge in [0.15, 0.2) is 11.5 Å². The number of furan rings is 1. The van der Waals surface area contributed by atoms with E-state index in [-0.39, 0.29) is 0 Å². The van der Waals surface area contributed by atoms with E-state index in [1.807, 2.05) is 42.5 Å². The molecule has 3 aromatic carbocycles. The van der Waals surface area contributed by atoms with Gasteiger partial charge in [-0.2, -0.15) is 0 Å². The summed E-state index contributed by atoms with van der Waals surface area (Å²) in [6.07, 6.45) is 0.815. The molecular weight excluding hydrogens is 396 g/mol. The average Bonchev–Trinajstić information content (AvgIpc) is 3.21. The van der Waals surface area contributed by atoms with Crippen LogP contribution in [0.15, 0.2) is 59.0 Å². The van der Waals surface area contributed by atoms with Crippen LogP contribution < -0.4 is 18.9 Å². The lowest BCUT2D eigenvalue weighted by Crippen LogP contribution is -1.97. The number of benzene rings is 3. The van der Waals surface area contributed by atoms with Gasteiger partial charge in [0, 0.05) is 27.6 Å². The number of methoxy groups -OCH3 is 4. The number of carbonyl (C=O) groups is 1. The van der Waals surface area contributed by atoms with Crippen molar-refractivity contribution in [2.75, 3.05) is 28.4 Å². The van der Waals surface area contributed by atoms with Gasteiger partial charge in [0.05, 0.1) is 28.4 Å². The second-order valence-electron chi connectivity index (χ2n) is 6.79. The topological polar surface area (TPSA) is 67.1 Å². The summed E-state index contributed by atoms with van der Waals surface area (Å²) < 4.78 is 28.3. The van der Waals surface area contributed by atoms with Crippen LogP contribution in [0.2, 0.25) is 0 Å². The van der Waals surface area contributed by atoms with Crippen molar-refractivity contribution >= 4 is 17.3 Å². The Balaban J connectivity index is 2.07. The van der Waals surface area contributed by atoms with Crippen LogP contribution in [0.25, 0.3) is 33.4 Å². The number of carbonyl (C=O) groups excluding carboxylic acids is 1. The number of ether oxygens (including phenoxy) is 4. The molecule has 4 aromatic rings. The Morgan fingerprint density at radius 3 is 2.13 bits per heavy atom. The van der Waals surface area contributed by atoms with Crippen molar-refractivity contribution in [3.63, 3.8) is 0 Å². The molecule has 0 aliphatic rings. The smallest absolute Gasteiger partial charge is 0.203 e. The van der Waals surface area contributed by atoms with E-state index in [1.54, 1.807) is 40.6 Å². The normalized spacial score (nSPS) is 10.7. The minimum absolute atomic E-state index is 0.476. The summed E-state index contributed by atoms with van der Waals surface area (Å²) in [7, 11) is 6.33. The Morgan fingerprint density at radius 1 is 0.774 bits per heavy atom. The van der Waals surface area contributed by atoms with Crippen molar-refractivity contribution in [2.24, 2.45) is 0 Å². The highest BCUT2D eigenvalue weighted by Crippen LogP contribution is 2.50. The zero-order chi connectivity index (χ0) is 22.0. The van der Waals surface area contributed by atoms with E-state index in [4.69, 9.17) is 23.4 Å². The van der Waals surface area contributed by atoms with Gasteiger partial charge in [0.25, 0.3) is 0 Å². The molecule has 0 saturated heterocycles. The van der Waals surface area contributed by atoms with E-state index in [1.165, 1.54) is 0 Å². The molecule has 31 heavy (non-hydrogen) atoms. The molecule has 0 fully saturated rings. The summed E-state index contributed by atoms with van der Waals surface area (Å²) in [6, 6.07) is 16.6. The first-order valence-corrected chi connectivity index (χ1v) is 9.60. The minimum Gasteiger partial charge on any atom is -0.497 e. The summed E-state index contributed by atoms with van der Waals surface area (Å²) >= 11 is 0. The lowest BCUT2D eigenvalue weighted by molar-refractivity contribution is 0.112. The summed E-state index contributed by atoms with van der Waals surface area (Å²) in [5.74, 6) is 2.93. The van der Waals surface area contributed by atoms with Gasteiger partial charge < -0.3 is 23.4 Å². The molecule has 6 nitrogen and oxygen atoms in total. The molecule has 158 valence electrons. The number of hydrogen-bond acceptors (Lipinski definition) is 6. The maximum absolute atomic E-state index is 11.4. The molecule has 0 unspecified atom stereocenters. The third-order valence-corrected chi connectivity index (χ3v) is 5.17. The number of hydrogen-bond donors (Lipinski definition) is 0. The molecule has 0 atom stereocenters. The Kier molecular flexibility index (Phi) is 5.54. The number of fused-ring (bicyclic) bond motifs is 1. The summed E-state index contributed by atoms with van der Waals surface area (Å²) in [6.45, 7) is 0. The van der Waals surface area contributed by atoms with Crippen LogP contribution in [-0.4, -0.2) is 34.7 Å². The average molecular weight is 418 g/mol. The van der Waals surface area contributed by atoms with Crippen LogP contribution in [0.1, 0.15) is 10.4 Å². The standard InChI is InChI=1S/C25H22O6/c1-27-17-8-6-16(7-9-17)23-22(19-13-15(14-26)5-11-20(19)31-23)18-10-12-21(28-2)25(30-4)24(18)29-3/h5-14H,1-4H3. The zero-order valence-corrected chi connectivity index (χ0v) is 17.7. The van der Waals surface area contributed by atoms with E-state index in [0.717, 1.165) is 34.1 Å². The quantitative estimate of drug-likeness (QED) is 0.363. The first-order valence-electron chi connectivity index (χ1n) is 9.60. The molecule has 0 aliphatic heterocycles. The number of aldehydes is 1. The Hall–Kier alpha value is -3.93. The van der Waals surface area contributed by atoms with Gasteiger partial charge in [0.2, 0.25) is 5.75 Å². The van der Waals surface area contributed by atoms with Crippen LogP contribution >= 0.6 is 0 Å². The predicted octanol–water partition coefficient (Wildman–Crippen LogP) is 5.61. The highest BCUT2D eigenvalue weighted by Gasteiger charge is 2.24. The van der Waals surface area contributed by atoms with Crippen LogP contribution in [0, 0.1) is 0 Å². The lowest BCUT2D eigenvalue weighted by atomic mass is 9.96. The van der Waals surface area contributed by atoms with E-state index in [2.05, 4.69) is 0 Å². The summed E-state index contributed by atoms with van der Waals surface area (Å²) in [4.78, 5) is 11.4. The van der Waals surface area contributed by atoms with E-state index < -0.39 is 0 Å². The first-order chi connectivity index (χ1) is 15.1. The largest absolute Gasteiger partial charge is 0.497 e. The highest BCUT2D eigenvalue weighted by atomic mass is 16.5. The van der Waals surface area contributed by atoms with Crippen molar-refractivity contribution in [2.45, 2.75) is 0 Å². The maximum Gasteiger partial charge on any atom is 0.203 e. The van der Waals surface area contributed by atoms with Crippen molar-refractivity contribution in [1.29, 1.82) is 0 Å². The maximum atomic E-state index is 11.4. The van der Waals surface area contributed by atoms with Gasteiger partial charge in [0.1, 0.15) is 23.4 Å². The molecule has 0 amide bonds. The molecule has 0 bridgehead atoms. The molecule has 1 heterocycles. The van der Waals surface area contributed by atoms with E-state index >= 15 is 0 Å². The molecule has 0 saturated carbocycles. The fraction of sp³-hybridized carbons (Fsp3) is 0.160. The van der Waals surface area contributed by atoms with Gasteiger partial charge >= 0.3 is 0 Å². The summed E-state index contributed by atoms with van der Waals surface area (Å²) in [5.41, 5.74) is 3.62. The molecule has 0 N–H and O–H groups in total. The van der Waals surface area contributed by atoms with Crippen molar-refractivity contribution < 1.29 is 28.2 Å². The van der Waals surface area contributed by atoms with Crippen molar-refractivity contribution in [3.05, 3.63) is 60.2 Å². The van der Waals surface area contributed by atoms with Crippen molar-refractivity contribution in [3.8, 4) is 45.4 Å². The Labute approximate surface area is 179 Å². The molecule has 0 aliphatic carbocycles. The van der Waals surface area contributed by atoms with Gasteiger partial charge in [-0.15, -0.1) is 0 Å². The summed E-state index contributed by atoms with van der Waals surface area (Å²) in [5, 5.41) is 0.793. The van der Waals surface area contributed by atoms with Gasteiger partial charge in [-0.1, -0.05) is 0 Å². The van der Waals surface area contributed by atoms with Crippen LogP contribution in [0.4, 0.5) is 0 Å². The molecule has 1 aromatic heterocycles. The first kappa shape index (κ1) is 20.3. The fourth-order valence-electron chi connectivity index (χ4n) is 3.70. The SMILES string of the molecule is COc1ccc(-c2oc3ccc(C=O)cc3c2-c2ccc(OC)c(OC)c2OC)cc1. The van der Waals surface area contributed by atoms with Crippen LogP contribution in [0.3, 0.4) is 0 Å². The fourth-order valence-corrected chi connectivity index (χ4v) is 3.70. The molecule has 0 radical (unpaired) electrons. The Morgan fingerprint density at radius 2 is 1.52 bits per heavy atom. The lowest BCUT2D eigenvalue weighted by Gasteiger charge is -2.16. The second kappa shape index (κ2) is 8.44. The molecule has 6 heteroatoms. The van der Waals surface area contributed by atoms with Crippen LogP contribution in [0.5, 0.6) is 23.0 Å². The van der Waals surface area contributed by atoms with Gasteiger partial charge in [-0.05, 0) is 54.6 Å². The van der Waals surface area contributed by atoms with Crippen molar-refractivity contribution in [1.82, 2.24) is 0 Å². The van der Waals surface area contributed by atoms with Crippen LogP contribution in [-0.2, 0) is 0 Å². The van der Waals surface area contributed by atoms with E-state index in [9.17, 15) is 4.79 Å². The third kappa shape index (κ3) is 3.46. The molecule has 0 spiro atoms. The number of rotatable bonds is 7. The predicted molar refractivity (Wildman–Crippen MR) is 119 cm³/mol. The van der Waals surface area contributed by atoms with Gasteiger partial charge in [-0.25, -0.2) is 0 Å². The van der Waals surface area contributed by atoms with E-state index in [0.29, 0.717) is 34.2 Å².